The molecule has 2 rings (SSSR count). The van der Waals surface area contributed by atoms with Gasteiger partial charge in [-0.05, 0) is 36.2 Å². The molecule has 2 aromatic rings. The molecule has 104 valence electrons. The van der Waals surface area contributed by atoms with Gasteiger partial charge in [-0.15, -0.1) is 0 Å². The summed E-state index contributed by atoms with van der Waals surface area (Å²) in [6.45, 7) is 0. The SMILES string of the molecule is COc1cccc(OC)c1C(=O)CCc1ccncc1. The van der Waals surface area contributed by atoms with E-state index in [9.17, 15) is 4.79 Å². The number of ether oxygens (including phenoxy) is 2. The predicted molar refractivity (Wildman–Crippen MR) is 76.4 cm³/mol. The molecular formula is C16H17NO3. The fraction of sp³-hybridized carbons (Fsp3) is 0.250. The Morgan fingerprint density at radius 2 is 1.65 bits per heavy atom. The van der Waals surface area contributed by atoms with Crippen molar-refractivity contribution in [3.05, 3.63) is 53.9 Å². The van der Waals surface area contributed by atoms with Crippen molar-refractivity contribution in [2.75, 3.05) is 14.2 Å². The molecule has 0 fully saturated rings. The van der Waals surface area contributed by atoms with Gasteiger partial charge in [0.1, 0.15) is 17.1 Å². The van der Waals surface area contributed by atoms with Crippen molar-refractivity contribution in [3.8, 4) is 11.5 Å². The summed E-state index contributed by atoms with van der Waals surface area (Å²) in [5, 5.41) is 0. The minimum atomic E-state index is 0.0103. The molecule has 0 aliphatic carbocycles. The summed E-state index contributed by atoms with van der Waals surface area (Å²) in [6.07, 6.45) is 4.52. The largest absolute Gasteiger partial charge is 0.496 e. The number of rotatable bonds is 6. The van der Waals surface area contributed by atoms with E-state index in [-0.39, 0.29) is 5.78 Å². The fourth-order valence-corrected chi connectivity index (χ4v) is 2.06. The molecule has 0 saturated carbocycles. The number of ketones is 1. The average molecular weight is 271 g/mol. The molecule has 0 spiro atoms. The van der Waals surface area contributed by atoms with Gasteiger partial charge in [-0.1, -0.05) is 6.07 Å². The molecule has 0 amide bonds. The summed E-state index contributed by atoms with van der Waals surface area (Å²) < 4.78 is 10.5. The van der Waals surface area contributed by atoms with E-state index in [1.165, 1.54) is 0 Å². The van der Waals surface area contributed by atoms with E-state index in [4.69, 9.17) is 9.47 Å². The van der Waals surface area contributed by atoms with E-state index in [0.717, 1.165) is 5.56 Å². The molecule has 0 bridgehead atoms. The van der Waals surface area contributed by atoms with Crippen LogP contribution in [0.5, 0.6) is 11.5 Å². The summed E-state index contributed by atoms with van der Waals surface area (Å²) in [5.74, 6) is 1.10. The fourth-order valence-electron chi connectivity index (χ4n) is 2.06. The van der Waals surface area contributed by atoms with Crippen molar-refractivity contribution < 1.29 is 14.3 Å². The molecule has 0 unspecified atom stereocenters. The van der Waals surface area contributed by atoms with Crippen LogP contribution in [0.2, 0.25) is 0 Å². The Morgan fingerprint density at radius 3 is 2.20 bits per heavy atom. The molecule has 1 heterocycles. The molecule has 1 aromatic carbocycles. The van der Waals surface area contributed by atoms with Crippen molar-refractivity contribution in [1.82, 2.24) is 4.98 Å². The van der Waals surface area contributed by atoms with Gasteiger partial charge in [0.15, 0.2) is 5.78 Å². The second-order valence-electron chi connectivity index (χ2n) is 4.32. The number of methoxy groups -OCH3 is 2. The molecule has 4 heteroatoms. The van der Waals surface area contributed by atoms with E-state index in [2.05, 4.69) is 4.98 Å². The van der Waals surface area contributed by atoms with Crippen molar-refractivity contribution in [2.24, 2.45) is 0 Å². The first-order valence-electron chi connectivity index (χ1n) is 6.39. The zero-order valence-electron chi connectivity index (χ0n) is 11.6. The molecule has 1 aromatic heterocycles. The lowest BCUT2D eigenvalue weighted by Gasteiger charge is -2.11. The summed E-state index contributed by atoms with van der Waals surface area (Å²) in [7, 11) is 3.10. The van der Waals surface area contributed by atoms with Gasteiger partial charge in [0.05, 0.1) is 14.2 Å². The van der Waals surface area contributed by atoms with Crippen LogP contribution in [-0.2, 0) is 6.42 Å². The van der Waals surface area contributed by atoms with Crippen LogP contribution in [0.25, 0.3) is 0 Å². The molecule has 0 aliphatic heterocycles. The average Bonchev–Trinajstić information content (AvgIpc) is 2.52. The third-order valence-corrected chi connectivity index (χ3v) is 3.10. The Labute approximate surface area is 118 Å². The quantitative estimate of drug-likeness (QED) is 0.758. The van der Waals surface area contributed by atoms with Gasteiger partial charge in [0.25, 0.3) is 0 Å². The van der Waals surface area contributed by atoms with Crippen LogP contribution in [0.15, 0.2) is 42.7 Å². The molecule has 0 N–H and O–H groups in total. The van der Waals surface area contributed by atoms with Crippen LogP contribution in [0.1, 0.15) is 22.3 Å². The number of Topliss-reactive ketones (excluding diaryl/α,β-unsaturated/α-hetero) is 1. The van der Waals surface area contributed by atoms with Gasteiger partial charge in [-0.25, -0.2) is 0 Å². The minimum Gasteiger partial charge on any atom is -0.496 e. The topological polar surface area (TPSA) is 48.4 Å². The highest BCUT2D eigenvalue weighted by atomic mass is 16.5. The number of hydrogen-bond donors (Lipinski definition) is 0. The van der Waals surface area contributed by atoms with Crippen LogP contribution >= 0.6 is 0 Å². The Bertz CT molecular complexity index is 559. The van der Waals surface area contributed by atoms with Gasteiger partial charge < -0.3 is 9.47 Å². The van der Waals surface area contributed by atoms with E-state index >= 15 is 0 Å². The van der Waals surface area contributed by atoms with E-state index in [0.29, 0.717) is 29.9 Å². The highest BCUT2D eigenvalue weighted by Gasteiger charge is 2.17. The lowest BCUT2D eigenvalue weighted by molar-refractivity contribution is 0.0976. The van der Waals surface area contributed by atoms with Crippen molar-refractivity contribution in [3.63, 3.8) is 0 Å². The lowest BCUT2D eigenvalue weighted by Crippen LogP contribution is -2.06. The zero-order chi connectivity index (χ0) is 14.4. The maximum atomic E-state index is 12.4. The van der Waals surface area contributed by atoms with Gasteiger partial charge >= 0.3 is 0 Å². The molecule has 0 atom stereocenters. The number of carbonyl (C=O) groups excluding carboxylic acids is 1. The number of hydrogen-bond acceptors (Lipinski definition) is 4. The predicted octanol–water partition coefficient (Wildman–Crippen LogP) is 2.91. The first-order valence-corrected chi connectivity index (χ1v) is 6.39. The van der Waals surface area contributed by atoms with Crippen molar-refractivity contribution in [1.29, 1.82) is 0 Å². The summed E-state index contributed by atoms with van der Waals surface area (Å²) >= 11 is 0. The molecule has 0 saturated heterocycles. The first-order chi connectivity index (χ1) is 9.76. The number of pyridine rings is 1. The number of aryl methyl sites for hydroxylation is 1. The molecule has 4 nitrogen and oxygen atoms in total. The first kappa shape index (κ1) is 14.1. The second kappa shape index (κ2) is 6.70. The van der Waals surface area contributed by atoms with E-state index in [1.54, 1.807) is 44.8 Å². The Morgan fingerprint density at radius 1 is 1.05 bits per heavy atom. The standard InChI is InChI=1S/C16H17NO3/c1-19-14-4-3-5-15(20-2)16(14)13(18)7-6-12-8-10-17-11-9-12/h3-5,8-11H,6-7H2,1-2H3. The Balaban J connectivity index is 2.16. The van der Waals surface area contributed by atoms with E-state index in [1.807, 2.05) is 12.1 Å². The Hall–Kier alpha value is -2.36. The van der Waals surface area contributed by atoms with E-state index < -0.39 is 0 Å². The van der Waals surface area contributed by atoms with Gasteiger partial charge in [0, 0.05) is 18.8 Å². The summed E-state index contributed by atoms with van der Waals surface area (Å²) in [4.78, 5) is 16.4. The maximum absolute atomic E-state index is 12.4. The summed E-state index contributed by atoms with van der Waals surface area (Å²) in [5.41, 5.74) is 1.59. The number of nitrogens with zero attached hydrogens (tertiary/aromatic N) is 1. The van der Waals surface area contributed by atoms with Gasteiger partial charge in [-0.3, -0.25) is 9.78 Å². The van der Waals surface area contributed by atoms with Crippen molar-refractivity contribution >= 4 is 5.78 Å². The normalized spacial score (nSPS) is 10.1. The monoisotopic (exact) mass is 271 g/mol. The molecular weight excluding hydrogens is 254 g/mol. The third kappa shape index (κ3) is 3.15. The Kier molecular flexibility index (Phi) is 4.71. The molecule has 0 radical (unpaired) electrons. The second-order valence-corrected chi connectivity index (χ2v) is 4.32. The van der Waals surface area contributed by atoms with Gasteiger partial charge in [0.2, 0.25) is 0 Å². The maximum Gasteiger partial charge on any atom is 0.170 e. The minimum absolute atomic E-state index is 0.0103. The number of aromatic nitrogens is 1. The highest BCUT2D eigenvalue weighted by molar-refractivity contribution is 6.01. The zero-order valence-corrected chi connectivity index (χ0v) is 11.6. The van der Waals surface area contributed by atoms with Crippen LogP contribution in [-0.4, -0.2) is 25.0 Å². The van der Waals surface area contributed by atoms with Crippen LogP contribution in [0.3, 0.4) is 0 Å². The van der Waals surface area contributed by atoms with Crippen LogP contribution in [0.4, 0.5) is 0 Å². The van der Waals surface area contributed by atoms with Crippen molar-refractivity contribution in [2.45, 2.75) is 12.8 Å². The lowest BCUT2D eigenvalue weighted by atomic mass is 10.0. The van der Waals surface area contributed by atoms with Crippen LogP contribution in [0, 0.1) is 0 Å². The summed E-state index contributed by atoms with van der Waals surface area (Å²) in [6, 6.07) is 9.15. The molecule has 20 heavy (non-hydrogen) atoms. The highest BCUT2D eigenvalue weighted by Crippen LogP contribution is 2.29. The number of benzene rings is 1. The van der Waals surface area contributed by atoms with Crippen LogP contribution < -0.4 is 9.47 Å². The third-order valence-electron chi connectivity index (χ3n) is 3.10. The van der Waals surface area contributed by atoms with Gasteiger partial charge in [-0.2, -0.15) is 0 Å². The smallest absolute Gasteiger partial charge is 0.170 e. The number of carbonyl (C=O) groups is 1. The molecule has 0 aliphatic rings.